The predicted molar refractivity (Wildman–Crippen MR) is 76.3 cm³/mol. The Morgan fingerprint density at radius 2 is 1.17 bits per heavy atom. The van der Waals surface area contributed by atoms with E-state index in [2.05, 4.69) is 0 Å². The molecule has 8 heteroatoms. The molecule has 0 amide bonds. The standard InChI is InChI=1S/C15H24O8/c1-3-18-11(16)5-13-20-7-15(8-21-13)9-22-14(23-10-15)6-12(17)19-4-2/h13-14H,3-10H2,1-2H3. The quantitative estimate of drug-likeness (QED) is 0.654. The number of esters is 2. The fourth-order valence-corrected chi connectivity index (χ4v) is 2.37. The summed E-state index contributed by atoms with van der Waals surface area (Å²) in [5, 5.41) is 0. The number of hydrogen-bond donors (Lipinski definition) is 0. The minimum atomic E-state index is -0.600. The van der Waals surface area contributed by atoms with Gasteiger partial charge in [-0.25, -0.2) is 0 Å². The van der Waals surface area contributed by atoms with E-state index in [1.54, 1.807) is 13.8 Å². The minimum Gasteiger partial charge on any atom is -0.466 e. The van der Waals surface area contributed by atoms with Crippen LogP contribution >= 0.6 is 0 Å². The maximum Gasteiger partial charge on any atom is 0.310 e. The number of rotatable bonds is 6. The van der Waals surface area contributed by atoms with E-state index in [-0.39, 0.29) is 24.8 Å². The maximum atomic E-state index is 11.4. The average molecular weight is 332 g/mol. The van der Waals surface area contributed by atoms with Gasteiger partial charge in [-0.3, -0.25) is 9.59 Å². The third kappa shape index (κ3) is 5.42. The van der Waals surface area contributed by atoms with Crippen molar-refractivity contribution in [2.45, 2.75) is 39.3 Å². The zero-order valence-electron chi connectivity index (χ0n) is 13.6. The van der Waals surface area contributed by atoms with Gasteiger partial charge in [-0.05, 0) is 13.8 Å². The average Bonchev–Trinajstić information content (AvgIpc) is 2.53. The summed E-state index contributed by atoms with van der Waals surface area (Å²) in [4.78, 5) is 22.8. The molecule has 8 nitrogen and oxygen atoms in total. The summed E-state index contributed by atoms with van der Waals surface area (Å²) in [5.74, 6) is -0.696. The molecule has 2 aliphatic heterocycles. The summed E-state index contributed by atoms with van der Waals surface area (Å²) >= 11 is 0. The van der Waals surface area contributed by atoms with Crippen LogP contribution in [0, 0.1) is 5.41 Å². The first kappa shape index (κ1) is 18.1. The molecule has 0 aromatic heterocycles. The monoisotopic (exact) mass is 332 g/mol. The van der Waals surface area contributed by atoms with Crippen molar-refractivity contribution >= 4 is 11.9 Å². The summed E-state index contributed by atoms with van der Waals surface area (Å²) < 4.78 is 32.0. The van der Waals surface area contributed by atoms with Gasteiger partial charge < -0.3 is 28.4 Å². The fraction of sp³-hybridized carbons (Fsp3) is 0.867. The molecule has 0 aliphatic carbocycles. The molecule has 132 valence electrons. The number of carbonyl (C=O) groups is 2. The smallest absolute Gasteiger partial charge is 0.310 e. The molecule has 0 unspecified atom stereocenters. The number of ether oxygens (including phenoxy) is 6. The molecular weight excluding hydrogens is 308 g/mol. The van der Waals surface area contributed by atoms with E-state index in [0.717, 1.165) is 0 Å². The van der Waals surface area contributed by atoms with Crippen LogP contribution in [0.4, 0.5) is 0 Å². The van der Waals surface area contributed by atoms with Gasteiger partial charge in [-0.1, -0.05) is 0 Å². The zero-order chi connectivity index (χ0) is 16.7. The first-order valence-corrected chi connectivity index (χ1v) is 7.84. The molecule has 2 aliphatic rings. The van der Waals surface area contributed by atoms with Gasteiger partial charge in [0.1, 0.15) is 0 Å². The lowest BCUT2D eigenvalue weighted by molar-refractivity contribution is -0.302. The van der Waals surface area contributed by atoms with Crippen molar-refractivity contribution in [1.29, 1.82) is 0 Å². The number of carbonyl (C=O) groups excluding carboxylic acids is 2. The maximum absolute atomic E-state index is 11.4. The Morgan fingerprint density at radius 3 is 1.48 bits per heavy atom. The van der Waals surface area contributed by atoms with Crippen LogP contribution < -0.4 is 0 Å². The molecule has 23 heavy (non-hydrogen) atoms. The van der Waals surface area contributed by atoms with E-state index < -0.39 is 18.0 Å². The Morgan fingerprint density at radius 1 is 0.826 bits per heavy atom. The highest BCUT2D eigenvalue weighted by Gasteiger charge is 2.42. The zero-order valence-corrected chi connectivity index (χ0v) is 13.6. The van der Waals surface area contributed by atoms with Crippen molar-refractivity contribution in [3.05, 3.63) is 0 Å². The minimum absolute atomic E-state index is 0.0666. The Hall–Kier alpha value is -1.22. The lowest BCUT2D eigenvalue weighted by Gasteiger charge is -2.43. The van der Waals surface area contributed by atoms with Gasteiger partial charge in [-0.15, -0.1) is 0 Å². The molecule has 0 radical (unpaired) electrons. The van der Waals surface area contributed by atoms with E-state index in [9.17, 15) is 9.59 Å². The van der Waals surface area contributed by atoms with Crippen LogP contribution in [-0.2, 0) is 38.0 Å². The molecule has 1 spiro atoms. The third-order valence-corrected chi connectivity index (χ3v) is 3.58. The van der Waals surface area contributed by atoms with Crippen LogP contribution in [0.5, 0.6) is 0 Å². The van der Waals surface area contributed by atoms with Crippen LogP contribution in [0.15, 0.2) is 0 Å². The van der Waals surface area contributed by atoms with Crippen molar-refractivity contribution in [3.63, 3.8) is 0 Å². The van der Waals surface area contributed by atoms with Crippen LogP contribution in [-0.4, -0.2) is 64.2 Å². The molecule has 2 fully saturated rings. The molecule has 0 atom stereocenters. The van der Waals surface area contributed by atoms with Gasteiger partial charge >= 0.3 is 11.9 Å². The van der Waals surface area contributed by atoms with Crippen LogP contribution in [0.1, 0.15) is 26.7 Å². The highest BCUT2D eigenvalue weighted by atomic mass is 16.7. The van der Waals surface area contributed by atoms with Crippen LogP contribution in [0.3, 0.4) is 0 Å². The van der Waals surface area contributed by atoms with Gasteiger partial charge in [0, 0.05) is 0 Å². The van der Waals surface area contributed by atoms with Crippen molar-refractivity contribution in [3.8, 4) is 0 Å². The normalized spacial score (nSPS) is 30.9. The van der Waals surface area contributed by atoms with Crippen LogP contribution in [0.25, 0.3) is 0 Å². The Balaban J connectivity index is 1.71. The molecule has 0 saturated carbocycles. The summed E-state index contributed by atoms with van der Waals surface area (Å²) in [6.45, 7) is 5.62. The summed E-state index contributed by atoms with van der Waals surface area (Å²) in [5.41, 5.74) is -0.406. The largest absolute Gasteiger partial charge is 0.466 e. The fourth-order valence-electron chi connectivity index (χ4n) is 2.37. The van der Waals surface area contributed by atoms with Gasteiger partial charge in [0.25, 0.3) is 0 Å². The van der Waals surface area contributed by atoms with E-state index >= 15 is 0 Å². The summed E-state index contributed by atoms with van der Waals surface area (Å²) in [6.07, 6.45) is -1.07. The van der Waals surface area contributed by atoms with E-state index in [4.69, 9.17) is 28.4 Å². The van der Waals surface area contributed by atoms with Gasteiger partial charge in [0.15, 0.2) is 12.6 Å². The van der Waals surface area contributed by atoms with Crippen molar-refractivity contribution in [2.75, 3.05) is 39.6 Å². The Bertz CT molecular complexity index is 353. The van der Waals surface area contributed by atoms with Crippen LogP contribution in [0.2, 0.25) is 0 Å². The predicted octanol–water partition coefficient (Wildman–Crippen LogP) is 0.625. The van der Waals surface area contributed by atoms with Crippen molar-refractivity contribution in [2.24, 2.45) is 5.41 Å². The highest BCUT2D eigenvalue weighted by molar-refractivity contribution is 5.70. The molecule has 2 heterocycles. The molecule has 2 rings (SSSR count). The SMILES string of the molecule is CCOC(=O)CC1OCC2(CO1)COC(CC(=O)OCC)OC2. The highest BCUT2D eigenvalue weighted by Crippen LogP contribution is 2.31. The van der Waals surface area contributed by atoms with Gasteiger partial charge in [0.05, 0.1) is 57.9 Å². The molecule has 0 N–H and O–H groups in total. The Labute approximate surface area is 135 Å². The Kier molecular flexibility index (Phi) is 6.76. The lowest BCUT2D eigenvalue weighted by Crippen LogP contribution is -2.52. The third-order valence-electron chi connectivity index (χ3n) is 3.58. The molecular formula is C15H24O8. The molecule has 2 saturated heterocycles. The van der Waals surface area contributed by atoms with Crippen molar-refractivity contribution < 1.29 is 38.0 Å². The van der Waals surface area contributed by atoms with E-state index in [0.29, 0.717) is 39.6 Å². The molecule has 0 aromatic carbocycles. The lowest BCUT2D eigenvalue weighted by atomic mass is 9.90. The summed E-state index contributed by atoms with van der Waals surface area (Å²) in [6, 6.07) is 0. The van der Waals surface area contributed by atoms with Gasteiger partial charge in [-0.2, -0.15) is 0 Å². The first-order valence-electron chi connectivity index (χ1n) is 7.84. The summed E-state index contributed by atoms with van der Waals surface area (Å²) in [7, 11) is 0. The first-order chi connectivity index (χ1) is 11.1. The topological polar surface area (TPSA) is 89.5 Å². The van der Waals surface area contributed by atoms with E-state index in [1.165, 1.54) is 0 Å². The second-order valence-electron chi connectivity index (χ2n) is 5.62. The molecule has 0 aromatic rings. The van der Waals surface area contributed by atoms with Gasteiger partial charge in [0.2, 0.25) is 0 Å². The van der Waals surface area contributed by atoms with E-state index in [1.807, 2.05) is 0 Å². The second kappa shape index (κ2) is 8.58. The second-order valence-corrected chi connectivity index (χ2v) is 5.62. The number of hydrogen-bond acceptors (Lipinski definition) is 8. The molecule has 0 bridgehead atoms. The van der Waals surface area contributed by atoms with Crippen molar-refractivity contribution in [1.82, 2.24) is 0 Å².